The lowest BCUT2D eigenvalue weighted by atomic mass is 9.98. The van der Waals surface area contributed by atoms with Gasteiger partial charge in [-0.25, -0.2) is 18.9 Å². The van der Waals surface area contributed by atoms with Crippen molar-refractivity contribution >= 4 is 23.4 Å². The minimum Gasteiger partial charge on any atom is -0.465 e. The summed E-state index contributed by atoms with van der Waals surface area (Å²) in [5, 5.41) is 31.1. The van der Waals surface area contributed by atoms with Gasteiger partial charge in [0.05, 0.1) is 29.3 Å². The van der Waals surface area contributed by atoms with Crippen LogP contribution in [-0.2, 0) is 0 Å². The lowest BCUT2D eigenvalue weighted by molar-refractivity contribution is 0.188. The van der Waals surface area contributed by atoms with Gasteiger partial charge in [0.25, 0.3) is 0 Å². The molecule has 3 rings (SSSR count). The van der Waals surface area contributed by atoms with E-state index < -0.39 is 24.0 Å². The zero-order valence-electron chi connectivity index (χ0n) is 18.5. The van der Waals surface area contributed by atoms with Gasteiger partial charge in [-0.15, -0.1) is 0 Å². The van der Waals surface area contributed by atoms with Gasteiger partial charge in [0.1, 0.15) is 6.07 Å². The van der Waals surface area contributed by atoms with Gasteiger partial charge < -0.3 is 21.1 Å². The molecule has 1 amide bonds. The molecule has 2 atom stereocenters. The fourth-order valence-corrected chi connectivity index (χ4v) is 3.32. The van der Waals surface area contributed by atoms with E-state index in [1.54, 1.807) is 48.5 Å². The van der Waals surface area contributed by atoms with Crippen molar-refractivity contribution in [3.05, 3.63) is 54.4 Å². The Labute approximate surface area is 190 Å². The number of aromatic nitrogens is 4. The zero-order chi connectivity index (χ0) is 24.0. The Morgan fingerprint density at radius 3 is 2.70 bits per heavy atom. The molecule has 0 saturated carbocycles. The van der Waals surface area contributed by atoms with Gasteiger partial charge in [0.2, 0.25) is 0 Å². The second kappa shape index (κ2) is 10.4. The SMILES string of the molecule is CC(C)C[C@@H](Nc1nc(Nc2cncc(-n3cccn3)c2)c(C#N)cc1F)[C@H](C)NC(=O)O. The molecule has 33 heavy (non-hydrogen) atoms. The number of nitrogens with zero attached hydrogens (tertiary/aromatic N) is 5. The van der Waals surface area contributed by atoms with Gasteiger partial charge >= 0.3 is 6.09 Å². The highest BCUT2D eigenvalue weighted by Gasteiger charge is 2.23. The largest absolute Gasteiger partial charge is 0.465 e. The van der Waals surface area contributed by atoms with Crippen molar-refractivity contribution in [1.29, 1.82) is 5.26 Å². The molecule has 11 heteroatoms. The van der Waals surface area contributed by atoms with E-state index in [0.717, 1.165) is 6.07 Å². The maximum Gasteiger partial charge on any atom is 0.404 e. The van der Waals surface area contributed by atoms with Gasteiger partial charge in [-0.3, -0.25) is 4.98 Å². The number of anilines is 3. The number of carbonyl (C=O) groups is 1. The third kappa shape index (κ3) is 6.16. The summed E-state index contributed by atoms with van der Waals surface area (Å²) in [4.78, 5) is 19.6. The fourth-order valence-electron chi connectivity index (χ4n) is 3.32. The molecule has 0 aliphatic heterocycles. The Bertz CT molecular complexity index is 1140. The van der Waals surface area contributed by atoms with Crippen molar-refractivity contribution in [1.82, 2.24) is 25.1 Å². The summed E-state index contributed by atoms with van der Waals surface area (Å²) in [7, 11) is 0. The summed E-state index contributed by atoms with van der Waals surface area (Å²) in [6, 6.07) is 5.64. The number of hydrogen-bond acceptors (Lipinski definition) is 7. The van der Waals surface area contributed by atoms with Gasteiger partial charge in [-0.05, 0) is 37.5 Å². The van der Waals surface area contributed by atoms with Crippen LogP contribution in [0.3, 0.4) is 0 Å². The molecule has 4 N–H and O–H groups in total. The minimum absolute atomic E-state index is 0.0136. The van der Waals surface area contributed by atoms with Crippen LogP contribution >= 0.6 is 0 Å². The number of halogens is 1. The molecule has 0 unspecified atom stereocenters. The van der Waals surface area contributed by atoms with Crippen LogP contribution in [0.2, 0.25) is 0 Å². The highest BCUT2D eigenvalue weighted by Crippen LogP contribution is 2.25. The lowest BCUT2D eigenvalue weighted by Gasteiger charge is -2.27. The Morgan fingerprint density at radius 2 is 2.06 bits per heavy atom. The quantitative estimate of drug-likeness (QED) is 0.383. The molecule has 0 aromatic carbocycles. The van der Waals surface area contributed by atoms with Gasteiger partial charge in [-0.2, -0.15) is 10.4 Å². The number of nitrogens with one attached hydrogen (secondary N) is 3. The van der Waals surface area contributed by atoms with Crippen LogP contribution in [-0.4, -0.2) is 43.0 Å². The third-order valence-corrected chi connectivity index (χ3v) is 4.85. The van der Waals surface area contributed by atoms with Crippen LogP contribution in [0.4, 0.5) is 26.5 Å². The first-order valence-electron chi connectivity index (χ1n) is 10.4. The standard InChI is InChI=1S/C22H25FN8O2/c1-13(2)7-19(14(3)27-22(32)33)29-21-18(23)8-15(10-24)20(30-21)28-16-9-17(12-25-11-16)31-6-4-5-26-31/h4-6,8-9,11-14,19,27H,7H2,1-3H3,(H,32,33)(H2,28,29,30)/t14-,19+/m0/s1. The molecule has 0 spiro atoms. The molecule has 3 heterocycles. The molecule has 0 bridgehead atoms. The monoisotopic (exact) mass is 452 g/mol. The molecule has 3 aromatic rings. The van der Waals surface area contributed by atoms with Crippen LogP contribution < -0.4 is 16.0 Å². The number of pyridine rings is 2. The van der Waals surface area contributed by atoms with E-state index in [1.807, 2.05) is 19.9 Å². The Kier molecular flexibility index (Phi) is 7.40. The number of nitriles is 1. The Balaban J connectivity index is 1.90. The van der Waals surface area contributed by atoms with Crippen molar-refractivity contribution in [3.8, 4) is 11.8 Å². The maximum absolute atomic E-state index is 14.8. The molecule has 0 aliphatic rings. The molecule has 172 valence electrons. The van der Waals surface area contributed by atoms with E-state index in [0.29, 0.717) is 17.8 Å². The molecule has 10 nitrogen and oxygen atoms in total. The summed E-state index contributed by atoms with van der Waals surface area (Å²) < 4.78 is 16.4. The van der Waals surface area contributed by atoms with Crippen molar-refractivity contribution < 1.29 is 14.3 Å². The summed E-state index contributed by atoms with van der Waals surface area (Å²) in [6.45, 7) is 5.66. The van der Waals surface area contributed by atoms with Gasteiger partial charge in [0, 0.05) is 24.5 Å². The molecular weight excluding hydrogens is 427 g/mol. The van der Waals surface area contributed by atoms with E-state index in [-0.39, 0.29) is 23.1 Å². The summed E-state index contributed by atoms with van der Waals surface area (Å²) in [5.74, 6) is -0.437. The molecule has 0 fully saturated rings. The van der Waals surface area contributed by atoms with Gasteiger partial charge in [-0.1, -0.05) is 13.8 Å². The van der Waals surface area contributed by atoms with E-state index in [1.165, 1.54) is 0 Å². The first-order chi connectivity index (χ1) is 15.8. The molecule has 3 aromatic heterocycles. The normalized spacial score (nSPS) is 12.6. The van der Waals surface area contributed by atoms with Crippen molar-refractivity contribution in [3.63, 3.8) is 0 Å². The fraction of sp³-hybridized carbons (Fsp3) is 0.318. The average molecular weight is 452 g/mol. The number of rotatable bonds is 9. The highest BCUT2D eigenvalue weighted by atomic mass is 19.1. The predicted octanol–water partition coefficient (Wildman–Crippen LogP) is 3.90. The topological polar surface area (TPSA) is 141 Å². The van der Waals surface area contributed by atoms with E-state index in [2.05, 4.69) is 31.0 Å². The number of carboxylic acid groups (broad SMARTS) is 1. The van der Waals surface area contributed by atoms with Crippen molar-refractivity contribution in [2.24, 2.45) is 5.92 Å². The summed E-state index contributed by atoms with van der Waals surface area (Å²) in [5.41, 5.74) is 1.23. The Morgan fingerprint density at radius 1 is 1.27 bits per heavy atom. The van der Waals surface area contributed by atoms with Gasteiger partial charge in [0.15, 0.2) is 17.5 Å². The lowest BCUT2D eigenvalue weighted by Crippen LogP contribution is -2.45. The zero-order valence-corrected chi connectivity index (χ0v) is 18.5. The molecule has 0 radical (unpaired) electrons. The molecular formula is C22H25FN8O2. The first-order valence-corrected chi connectivity index (χ1v) is 10.4. The molecule has 0 saturated heterocycles. The minimum atomic E-state index is -1.17. The second-order valence-electron chi connectivity index (χ2n) is 7.95. The van der Waals surface area contributed by atoms with Crippen molar-refractivity contribution in [2.75, 3.05) is 10.6 Å². The highest BCUT2D eigenvalue weighted by molar-refractivity contribution is 5.66. The van der Waals surface area contributed by atoms with Crippen molar-refractivity contribution in [2.45, 2.75) is 39.3 Å². The van der Waals surface area contributed by atoms with Crippen LogP contribution in [0, 0.1) is 23.1 Å². The van der Waals surface area contributed by atoms with Crippen LogP contribution in [0.1, 0.15) is 32.8 Å². The Hall–Kier alpha value is -4.20. The average Bonchev–Trinajstić information content (AvgIpc) is 3.29. The van der Waals surface area contributed by atoms with E-state index in [4.69, 9.17) is 5.11 Å². The number of amides is 1. The second-order valence-corrected chi connectivity index (χ2v) is 7.95. The summed E-state index contributed by atoms with van der Waals surface area (Å²) >= 11 is 0. The molecule has 0 aliphatic carbocycles. The third-order valence-electron chi connectivity index (χ3n) is 4.85. The predicted molar refractivity (Wildman–Crippen MR) is 121 cm³/mol. The van der Waals surface area contributed by atoms with Crippen LogP contribution in [0.25, 0.3) is 5.69 Å². The maximum atomic E-state index is 14.8. The van der Waals surface area contributed by atoms with Crippen LogP contribution in [0.5, 0.6) is 0 Å². The first kappa shape index (κ1) is 23.5. The smallest absolute Gasteiger partial charge is 0.404 e. The number of hydrogen-bond donors (Lipinski definition) is 4. The summed E-state index contributed by atoms with van der Waals surface area (Å²) in [6.07, 6.45) is 5.98. The van der Waals surface area contributed by atoms with E-state index in [9.17, 15) is 14.4 Å². The van der Waals surface area contributed by atoms with Crippen LogP contribution in [0.15, 0.2) is 43.0 Å². The van der Waals surface area contributed by atoms with E-state index >= 15 is 0 Å².